The zero-order valence-corrected chi connectivity index (χ0v) is 21.3. The molecule has 6 heteroatoms. The summed E-state index contributed by atoms with van der Waals surface area (Å²) >= 11 is 0. The van der Waals surface area contributed by atoms with Crippen LogP contribution in [0.4, 0.5) is 5.69 Å². The Labute approximate surface area is 204 Å². The molecule has 0 aliphatic heterocycles. The van der Waals surface area contributed by atoms with Crippen LogP contribution in [0.2, 0.25) is 0 Å². The fourth-order valence-corrected chi connectivity index (χ4v) is 3.65. The summed E-state index contributed by atoms with van der Waals surface area (Å²) in [6.45, 7) is 12.3. The standard InChI is InChI=1S/C28H41N3O3/c1-21(2)17-18-31(20-28(4,5)30-26(32)16-11-22(3)27(29)33)24-12-14-25(15-13-24)34-19-23-9-7-6-8-10-23/h6-10,12-15,21-22H,11,16-20H2,1-5H3,(H2,29,33)(H,30,32). The van der Waals surface area contributed by atoms with Crippen LogP contribution in [-0.2, 0) is 16.2 Å². The van der Waals surface area contributed by atoms with E-state index in [2.05, 4.69) is 36.2 Å². The van der Waals surface area contributed by atoms with E-state index in [0.29, 0.717) is 25.5 Å². The number of hydrogen-bond donors (Lipinski definition) is 2. The van der Waals surface area contributed by atoms with Crippen molar-refractivity contribution in [2.75, 3.05) is 18.0 Å². The molecule has 0 spiro atoms. The highest BCUT2D eigenvalue weighted by Crippen LogP contribution is 2.23. The molecule has 0 aliphatic rings. The van der Waals surface area contributed by atoms with E-state index in [-0.39, 0.29) is 24.2 Å². The van der Waals surface area contributed by atoms with Crippen LogP contribution in [0, 0.1) is 11.8 Å². The fraction of sp³-hybridized carbons (Fsp3) is 0.500. The Kier molecular flexibility index (Phi) is 10.4. The Balaban J connectivity index is 2.01. The van der Waals surface area contributed by atoms with Crippen molar-refractivity contribution in [3.05, 3.63) is 60.2 Å². The molecule has 0 saturated heterocycles. The largest absolute Gasteiger partial charge is 0.489 e. The van der Waals surface area contributed by atoms with Crippen LogP contribution in [0.3, 0.4) is 0 Å². The lowest BCUT2D eigenvalue weighted by molar-refractivity contribution is -0.124. The quantitative estimate of drug-likeness (QED) is 0.413. The topological polar surface area (TPSA) is 84.7 Å². The summed E-state index contributed by atoms with van der Waals surface area (Å²) in [7, 11) is 0. The fourth-order valence-electron chi connectivity index (χ4n) is 3.65. The van der Waals surface area contributed by atoms with E-state index < -0.39 is 5.54 Å². The van der Waals surface area contributed by atoms with Crippen LogP contribution in [0.25, 0.3) is 0 Å². The third-order valence-electron chi connectivity index (χ3n) is 5.78. The van der Waals surface area contributed by atoms with E-state index in [1.165, 1.54) is 0 Å². The van der Waals surface area contributed by atoms with Crippen molar-refractivity contribution >= 4 is 17.5 Å². The first-order valence-corrected chi connectivity index (χ1v) is 12.2. The highest BCUT2D eigenvalue weighted by Gasteiger charge is 2.25. The first-order valence-electron chi connectivity index (χ1n) is 12.2. The van der Waals surface area contributed by atoms with Crippen molar-refractivity contribution in [3.8, 4) is 5.75 Å². The summed E-state index contributed by atoms with van der Waals surface area (Å²) in [4.78, 5) is 26.1. The third kappa shape index (κ3) is 9.86. The Hall–Kier alpha value is -3.02. The Morgan fingerprint density at radius 1 is 1.00 bits per heavy atom. The van der Waals surface area contributed by atoms with Crippen LogP contribution in [0.1, 0.15) is 59.4 Å². The highest BCUT2D eigenvalue weighted by atomic mass is 16.5. The van der Waals surface area contributed by atoms with Crippen molar-refractivity contribution in [1.82, 2.24) is 5.32 Å². The van der Waals surface area contributed by atoms with Gasteiger partial charge in [0, 0.05) is 31.1 Å². The van der Waals surface area contributed by atoms with E-state index in [4.69, 9.17) is 10.5 Å². The van der Waals surface area contributed by atoms with Crippen molar-refractivity contribution in [1.29, 1.82) is 0 Å². The van der Waals surface area contributed by atoms with Crippen molar-refractivity contribution < 1.29 is 14.3 Å². The lowest BCUT2D eigenvalue weighted by Gasteiger charge is -2.35. The molecule has 6 nitrogen and oxygen atoms in total. The van der Waals surface area contributed by atoms with Crippen molar-refractivity contribution in [2.24, 2.45) is 17.6 Å². The summed E-state index contributed by atoms with van der Waals surface area (Å²) in [5.74, 6) is 0.658. The van der Waals surface area contributed by atoms with Gasteiger partial charge in [-0.25, -0.2) is 0 Å². The number of carbonyl (C=O) groups excluding carboxylic acids is 2. The second-order valence-electron chi connectivity index (χ2n) is 10.1. The molecule has 2 aromatic carbocycles. The van der Waals surface area contributed by atoms with Gasteiger partial charge in [-0.15, -0.1) is 0 Å². The van der Waals surface area contributed by atoms with E-state index in [9.17, 15) is 9.59 Å². The number of primary amides is 1. The van der Waals surface area contributed by atoms with Crippen LogP contribution < -0.4 is 20.7 Å². The van der Waals surface area contributed by atoms with Gasteiger partial charge in [-0.1, -0.05) is 51.1 Å². The average Bonchev–Trinajstić information content (AvgIpc) is 2.79. The number of carbonyl (C=O) groups is 2. The molecule has 0 fully saturated rings. The molecule has 3 N–H and O–H groups in total. The molecule has 0 bridgehead atoms. The lowest BCUT2D eigenvalue weighted by atomic mass is 10.0. The van der Waals surface area contributed by atoms with Gasteiger partial charge >= 0.3 is 0 Å². The van der Waals surface area contributed by atoms with Gasteiger partial charge in [0.1, 0.15) is 12.4 Å². The monoisotopic (exact) mass is 467 g/mol. The van der Waals surface area contributed by atoms with Gasteiger partial charge in [0.15, 0.2) is 0 Å². The number of amides is 2. The summed E-state index contributed by atoms with van der Waals surface area (Å²) in [6.07, 6.45) is 1.79. The molecule has 0 aliphatic carbocycles. The molecule has 0 aromatic heterocycles. The number of hydrogen-bond acceptors (Lipinski definition) is 4. The van der Waals surface area contributed by atoms with E-state index >= 15 is 0 Å². The number of rotatable bonds is 14. The number of ether oxygens (including phenoxy) is 1. The second kappa shape index (κ2) is 13.0. The van der Waals surface area contributed by atoms with Gasteiger partial charge in [-0.2, -0.15) is 0 Å². The average molecular weight is 468 g/mol. The molecule has 1 unspecified atom stereocenters. The van der Waals surface area contributed by atoms with Gasteiger partial charge in [0.2, 0.25) is 11.8 Å². The molecular formula is C28H41N3O3. The minimum Gasteiger partial charge on any atom is -0.489 e. The first kappa shape index (κ1) is 27.2. The molecule has 0 heterocycles. The smallest absolute Gasteiger partial charge is 0.220 e. The molecule has 0 radical (unpaired) electrons. The Morgan fingerprint density at radius 3 is 2.24 bits per heavy atom. The second-order valence-corrected chi connectivity index (χ2v) is 10.1. The maximum Gasteiger partial charge on any atom is 0.220 e. The lowest BCUT2D eigenvalue weighted by Crippen LogP contribution is -2.52. The van der Waals surface area contributed by atoms with Gasteiger partial charge in [0.05, 0.1) is 5.54 Å². The molecular weight excluding hydrogens is 426 g/mol. The van der Waals surface area contributed by atoms with Crippen LogP contribution in [0.15, 0.2) is 54.6 Å². The molecule has 2 rings (SSSR count). The number of anilines is 1. The zero-order valence-electron chi connectivity index (χ0n) is 21.3. The molecule has 1 atom stereocenters. The zero-order chi connectivity index (χ0) is 25.1. The number of nitrogens with two attached hydrogens (primary N) is 1. The minimum absolute atomic E-state index is 0.0634. The van der Waals surface area contributed by atoms with E-state index in [0.717, 1.165) is 30.0 Å². The van der Waals surface area contributed by atoms with E-state index in [1.807, 2.05) is 56.3 Å². The maximum absolute atomic E-state index is 12.5. The molecule has 2 amide bonds. The normalized spacial score (nSPS) is 12.3. The van der Waals surface area contributed by atoms with Crippen LogP contribution in [-0.4, -0.2) is 30.4 Å². The maximum atomic E-state index is 12.5. The van der Waals surface area contributed by atoms with Gasteiger partial charge in [0.25, 0.3) is 0 Å². The predicted molar refractivity (Wildman–Crippen MR) is 139 cm³/mol. The Bertz CT molecular complexity index is 895. The van der Waals surface area contributed by atoms with Gasteiger partial charge < -0.3 is 20.7 Å². The third-order valence-corrected chi connectivity index (χ3v) is 5.78. The van der Waals surface area contributed by atoms with Crippen molar-refractivity contribution in [3.63, 3.8) is 0 Å². The van der Waals surface area contributed by atoms with E-state index in [1.54, 1.807) is 6.92 Å². The molecule has 34 heavy (non-hydrogen) atoms. The predicted octanol–water partition coefficient (Wildman–Crippen LogP) is 4.91. The summed E-state index contributed by atoms with van der Waals surface area (Å²) in [5, 5.41) is 3.13. The van der Waals surface area contributed by atoms with Gasteiger partial charge in [-0.05, 0) is 62.4 Å². The summed E-state index contributed by atoms with van der Waals surface area (Å²) < 4.78 is 5.93. The number of nitrogens with one attached hydrogen (secondary N) is 1. The highest BCUT2D eigenvalue weighted by molar-refractivity contribution is 5.79. The molecule has 0 saturated carbocycles. The van der Waals surface area contributed by atoms with Crippen LogP contribution >= 0.6 is 0 Å². The number of benzene rings is 2. The SMILES string of the molecule is CC(C)CCN(CC(C)(C)NC(=O)CCC(C)C(N)=O)c1ccc(OCc2ccccc2)cc1. The van der Waals surface area contributed by atoms with Crippen molar-refractivity contribution in [2.45, 2.75) is 66.0 Å². The Morgan fingerprint density at radius 2 is 1.65 bits per heavy atom. The van der Waals surface area contributed by atoms with Crippen LogP contribution in [0.5, 0.6) is 5.75 Å². The summed E-state index contributed by atoms with van der Waals surface area (Å²) in [5.41, 5.74) is 7.10. The number of nitrogens with zero attached hydrogens (tertiary/aromatic N) is 1. The van der Waals surface area contributed by atoms with Gasteiger partial charge in [-0.3, -0.25) is 9.59 Å². The first-order chi connectivity index (χ1) is 16.1. The molecule has 186 valence electrons. The summed E-state index contributed by atoms with van der Waals surface area (Å²) in [6, 6.07) is 18.3. The molecule has 2 aromatic rings. The minimum atomic E-state index is -0.438.